The molecule has 0 aliphatic heterocycles. The van der Waals surface area contributed by atoms with Gasteiger partial charge in [0.15, 0.2) is 4.90 Å². The molecule has 0 bridgehead atoms. The highest BCUT2D eigenvalue weighted by atomic mass is 35.5. The van der Waals surface area contributed by atoms with Crippen LogP contribution in [0.1, 0.15) is 12.5 Å². The zero-order chi connectivity index (χ0) is 23.9. The van der Waals surface area contributed by atoms with E-state index in [2.05, 4.69) is 24.4 Å². The fraction of sp³-hybridized carbons (Fsp3) is 0.107. The lowest BCUT2D eigenvalue weighted by molar-refractivity contribution is -0.115. The Bertz CT molecular complexity index is 1270. The van der Waals surface area contributed by atoms with Gasteiger partial charge in [0, 0.05) is 39.1 Å². The number of hydrogen-bond acceptors (Lipinski definition) is 2. The molecule has 0 saturated carbocycles. The van der Waals surface area contributed by atoms with Gasteiger partial charge in [-0.05, 0) is 78.7 Å². The molecule has 6 heteroatoms. The van der Waals surface area contributed by atoms with Gasteiger partial charge in [0.1, 0.15) is 17.3 Å². The van der Waals surface area contributed by atoms with Crippen LogP contribution in [-0.2, 0) is 23.0 Å². The maximum Gasteiger partial charge on any atom is 0.228 e. The van der Waals surface area contributed by atoms with Crippen LogP contribution in [0.2, 0.25) is 10.0 Å². The van der Waals surface area contributed by atoms with E-state index in [0.29, 0.717) is 33.7 Å². The van der Waals surface area contributed by atoms with Crippen molar-refractivity contribution in [2.45, 2.75) is 18.2 Å². The minimum Gasteiger partial charge on any atom is -0.457 e. The molecular formula is C28H24Cl2NO2S+. The number of benzene rings is 4. The van der Waals surface area contributed by atoms with Crippen molar-refractivity contribution in [1.29, 1.82) is 0 Å². The van der Waals surface area contributed by atoms with E-state index in [1.807, 2.05) is 54.6 Å². The Labute approximate surface area is 214 Å². The molecule has 0 fully saturated rings. The minimum absolute atomic E-state index is 0.0891. The van der Waals surface area contributed by atoms with Gasteiger partial charge in [-0.3, -0.25) is 4.79 Å². The summed E-state index contributed by atoms with van der Waals surface area (Å²) in [5.74, 6) is 2.23. The molecule has 4 aromatic carbocycles. The van der Waals surface area contributed by atoms with Gasteiger partial charge in [-0.15, -0.1) is 0 Å². The van der Waals surface area contributed by atoms with Crippen LogP contribution < -0.4 is 10.1 Å². The maximum absolute atomic E-state index is 12.7. The fourth-order valence-electron chi connectivity index (χ4n) is 3.50. The standard InChI is InChI=1S/C28H23Cl2NO2S/c1-2-34-25-13-6-19(7-14-25)16-28(32)31-23-10-15-26(20-4-3-5-22(30)17-20)27(18-23)33-24-11-8-21(29)9-12-24/h3-15,17-18H,2,16H2,1H3,(H,31,32)/p+1. The largest absolute Gasteiger partial charge is 0.457 e. The molecule has 0 saturated heterocycles. The Morgan fingerprint density at radius 2 is 1.65 bits per heavy atom. The van der Waals surface area contributed by atoms with Gasteiger partial charge in [0.25, 0.3) is 0 Å². The molecule has 4 aromatic rings. The zero-order valence-electron chi connectivity index (χ0n) is 18.6. The first-order valence-corrected chi connectivity index (χ1v) is 12.7. The van der Waals surface area contributed by atoms with Crippen LogP contribution in [0.4, 0.5) is 5.69 Å². The Kier molecular flexibility index (Phi) is 8.17. The number of ether oxygens (including phenoxy) is 1. The number of thiol groups is 1. The topological polar surface area (TPSA) is 38.3 Å². The molecule has 0 radical (unpaired) electrons. The normalized spacial score (nSPS) is 10.7. The molecule has 34 heavy (non-hydrogen) atoms. The van der Waals surface area contributed by atoms with Crippen molar-refractivity contribution in [3.63, 3.8) is 0 Å². The van der Waals surface area contributed by atoms with E-state index < -0.39 is 0 Å². The highest BCUT2D eigenvalue weighted by Crippen LogP contribution is 2.37. The summed E-state index contributed by atoms with van der Waals surface area (Å²) in [7, 11) is 0. The van der Waals surface area contributed by atoms with Crippen LogP contribution in [0, 0.1) is 0 Å². The van der Waals surface area contributed by atoms with Gasteiger partial charge in [-0.25, -0.2) is 0 Å². The third-order valence-electron chi connectivity index (χ3n) is 5.08. The van der Waals surface area contributed by atoms with Crippen molar-refractivity contribution in [2.24, 2.45) is 0 Å². The van der Waals surface area contributed by atoms with Crippen molar-refractivity contribution in [1.82, 2.24) is 0 Å². The lowest BCUT2D eigenvalue weighted by Crippen LogP contribution is -2.14. The second kappa shape index (κ2) is 11.5. The van der Waals surface area contributed by atoms with Crippen LogP contribution in [0.3, 0.4) is 0 Å². The molecule has 0 spiro atoms. The average molecular weight is 509 g/mol. The zero-order valence-corrected chi connectivity index (χ0v) is 21.0. The Morgan fingerprint density at radius 1 is 0.882 bits per heavy atom. The number of carbonyl (C=O) groups is 1. The van der Waals surface area contributed by atoms with Crippen molar-refractivity contribution in [3.05, 3.63) is 107 Å². The molecule has 0 unspecified atom stereocenters. The van der Waals surface area contributed by atoms with E-state index in [1.165, 1.54) is 16.7 Å². The van der Waals surface area contributed by atoms with Gasteiger partial charge in [-0.1, -0.05) is 47.5 Å². The summed E-state index contributed by atoms with van der Waals surface area (Å²) in [6.07, 6.45) is 0.298. The second-order valence-electron chi connectivity index (χ2n) is 7.64. The Balaban J connectivity index is 1.56. The van der Waals surface area contributed by atoms with Crippen LogP contribution >= 0.6 is 23.2 Å². The Hall–Kier alpha value is -2.92. The number of rotatable bonds is 8. The van der Waals surface area contributed by atoms with E-state index in [9.17, 15) is 4.79 Å². The lowest BCUT2D eigenvalue weighted by Gasteiger charge is -2.14. The quantitative estimate of drug-likeness (QED) is 0.194. The van der Waals surface area contributed by atoms with Gasteiger partial charge in [0.05, 0.1) is 6.42 Å². The molecule has 0 atom stereocenters. The molecule has 1 amide bonds. The van der Waals surface area contributed by atoms with Gasteiger partial charge >= 0.3 is 0 Å². The highest BCUT2D eigenvalue weighted by Gasteiger charge is 2.12. The molecule has 0 aliphatic carbocycles. The summed E-state index contributed by atoms with van der Waals surface area (Å²) in [6, 6.07) is 28.5. The highest BCUT2D eigenvalue weighted by molar-refractivity contribution is 7.78. The average Bonchev–Trinajstić information content (AvgIpc) is 2.82. The number of amides is 1. The van der Waals surface area contributed by atoms with E-state index in [-0.39, 0.29) is 5.91 Å². The van der Waals surface area contributed by atoms with Crippen molar-refractivity contribution in [2.75, 3.05) is 11.1 Å². The van der Waals surface area contributed by atoms with Crippen molar-refractivity contribution >= 4 is 46.6 Å². The summed E-state index contributed by atoms with van der Waals surface area (Å²) >= 11 is 13.5. The summed E-state index contributed by atoms with van der Waals surface area (Å²) in [5.41, 5.74) is 3.41. The monoisotopic (exact) mass is 508 g/mol. The van der Waals surface area contributed by atoms with Gasteiger partial charge in [-0.2, -0.15) is 0 Å². The SMILES string of the molecule is CC[SH+]c1ccc(CC(=O)Nc2ccc(-c3cccc(Cl)c3)c(Oc3ccc(Cl)cc3)c2)cc1. The number of nitrogens with one attached hydrogen (secondary N) is 1. The first kappa shape index (κ1) is 24.2. The summed E-state index contributed by atoms with van der Waals surface area (Å²) in [4.78, 5) is 14.0. The van der Waals surface area contributed by atoms with Crippen LogP contribution in [0.15, 0.2) is 95.9 Å². The van der Waals surface area contributed by atoms with E-state index >= 15 is 0 Å². The van der Waals surface area contributed by atoms with E-state index in [1.54, 1.807) is 24.3 Å². The molecule has 0 aliphatic rings. The minimum atomic E-state index is -0.0891. The predicted octanol–water partition coefficient (Wildman–Crippen LogP) is 7.83. The van der Waals surface area contributed by atoms with Crippen molar-refractivity contribution in [3.8, 4) is 22.6 Å². The van der Waals surface area contributed by atoms with E-state index in [0.717, 1.165) is 22.4 Å². The van der Waals surface area contributed by atoms with Crippen LogP contribution in [-0.4, -0.2) is 11.7 Å². The number of halogens is 2. The second-order valence-corrected chi connectivity index (χ2v) is 9.98. The third-order valence-corrected chi connectivity index (χ3v) is 6.55. The van der Waals surface area contributed by atoms with Crippen LogP contribution in [0.25, 0.3) is 11.1 Å². The van der Waals surface area contributed by atoms with Gasteiger partial charge in [0.2, 0.25) is 5.91 Å². The number of carbonyl (C=O) groups excluding carboxylic acids is 1. The predicted molar refractivity (Wildman–Crippen MR) is 145 cm³/mol. The molecule has 3 nitrogen and oxygen atoms in total. The van der Waals surface area contributed by atoms with Crippen molar-refractivity contribution < 1.29 is 9.53 Å². The maximum atomic E-state index is 12.7. The molecule has 1 N–H and O–H groups in total. The van der Waals surface area contributed by atoms with E-state index in [4.69, 9.17) is 27.9 Å². The number of hydrogen-bond donors (Lipinski definition) is 1. The molecule has 4 rings (SSSR count). The number of anilines is 1. The molecule has 0 aromatic heterocycles. The first-order valence-electron chi connectivity index (χ1n) is 10.9. The summed E-state index contributed by atoms with van der Waals surface area (Å²) < 4.78 is 6.18. The molecule has 0 heterocycles. The van der Waals surface area contributed by atoms with Gasteiger partial charge < -0.3 is 10.1 Å². The fourth-order valence-corrected chi connectivity index (χ4v) is 4.54. The lowest BCUT2D eigenvalue weighted by atomic mass is 10.0. The summed E-state index contributed by atoms with van der Waals surface area (Å²) in [6.45, 7) is 2.14. The Morgan fingerprint density at radius 3 is 2.35 bits per heavy atom. The van der Waals surface area contributed by atoms with Crippen LogP contribution in [0.5, 0.6) is 11.5 Å². The molecule has 172 valence electrons. The molecular weight excluding hydrogens is 485 g/mol. The first-order chi connectivity index (χ1) is 16.5. The summed E-state index contributed by atoms with van der Waals surface area (Å²) in [5, 5.41) is 4.25. The third kappa shape index (κ3) is 6.57. The smallest absolute Gasteiger partial charge is 0.228 e.